The molecule has 0 aromatic heterocycles. The van der Waals surface area contributed by atoms with E-state index in [1.165, 1.54) is 17.5 Å². The number of hydrogen-bond donors (Lipinski definition) is 1. The largest absolute Gasteiger partial charge is 0.357 e. The van der Waals surface area contributed by atoms with E-state index < -0.39 is 6.04 Å². The van der Waals surface area contributed by atoms with Crippen LogP contribution in [0.4, 0.5) is 0 Å². The lowest BCUT2D eigenvalue weighted by Crippen LogP contribution is -2.45. The van der Waals surface area contributed by atoms with Gasteiger partial charge in [-0.05, 0) is 36.0 Å². The summed E-state index contributed by atoms with van der Waals surface area (Å²) in [6, 6.07) is 5.54. The van der Waals surface area contributed by atoms with Crippen molar-refractivity contribution < 1.29 is 14.4 Å². The molecule has 0 aliphatic carbocycles. The van der Waals surface area contributed by atoms with Gasteiger partial charge in [0.15, 0.2) is 0 Å². The van der Waals surface area contributed by atoms with Gasteiger partial charge in [0.25, 0.3) is 0 Å². The fraction of sp³-hybridized carbons (Fsp3) is 0.500. The van der Waals surface area contributed by atoms with Crippen LogP contribution in [0.3, 0.4) is 0 Å². The normalized spacial score (nSPS) is 11.9. The lowest BCUT2D eigenvalue weighted by molar-refractivity contribution is -0.133. The van der Waals surface area contributed by atoms with Gasteiger partial charge in [-0.1, -0.05) is 32.0 Å². The second kappa shape index (κ2) is 9.08. The van der Waals surface area contributed by atoms with Gasteiger partial charge in [-0.3, -0.25) is 9.59 Å². The Morgan fingerprint density at radius 1 is 1.30 bits per heavy atom. The molecule has 1 aromatic carbocycles. The van der Waals surface area contributed by atoms with Gasteiger partial charge >= 0.3 is 0 Å². The van der Waals surface area contributed by atoms with Crippen LogP contribution in [0, 0.1) is 6.92 Å². The van der Waals surface area contributed by atoms with Crippen molar-refractivity contribution in [2.75, 3.05) is 7.05 Å². The molecule has 0 fully saturated rings. The van der Waals surface area contributed by atoms with Gasteiger partial charge in [0, 0.05) is 20.0 Å². The van der Waals surface area contributed by atoms with Crippen molar-refractivity contribution in [3.63, 3.8) is 0 Å². The number of carbonyl (C=O) groups is 3. The predicted molar refractivity (Wildman–Crippen MR) is 90.0 cm³/mol. The van der Waals surface area contributed by atoms with Gasteiger partial charge in [0.2, 0.25) is 12.3 Å². The molecular formula is C18H26N2O3. The third-order valence-corrected chi connectivity index (χ3v) is 4.03. The standard InChI is InChI=1S/C18H26N2O3/c1-13(2)15-7-8-16(14(3)10-15)11-20(12-22)17(6-5-9-21)18(23)19-4/h7-10,12-13,17H,5-6,11H2,1-4H3,(H,19,23). The Kier molecular flexibility index (Phi) is 7.45. The summed E-state index contributed by atoms with van der Waals surface area (Å²) in [5.41, 5.74) is 3.34. The third-order valence-electron chi connectivity index (χ3n) is 4.03. The molecule has 0 aliphatic rings. The zero-order valence-electron chi connectivity index (χ0n) is 14.3. The molecule has 0 radical (unpaired) electrons. The van der Waals surface area contributed by atoms with Gasteiger partial charge in [-0.25, -0.2) is 0 Å². The molecule has 5 heteroatoms. The average molecular weight is 318 g/mol. The molecule has 2 amide bonds. The molecular weight excluding hydrogens is 292 g/mol. The van der Waals surface area contributed by atoms with E-state index in [4.69, 9.17) is 0 Å². The minimum absolute atomic E-state index is 0.244. The summed E-state index contributed by atoms with van der Waals surface area (Å²) < 4.78 is 0. The molecule has 1 atom stereocenters. The number of rotatable bonds is 9. The lowest BCUT2D eigenvalue weighted by Gasteiger charge is -2.27. The fourth-order valence-electron chi connectivity index (χ4n) is 2.51. The molecule has 1 aromatic rings. The van der Waals surface area contributed by atoms with Crippen molar-refractivity contribution in [1.29, 1.82) is 0 Å². The maximum Gasteiger partial charge on any atom is 0.242 e. The Bertz CT molecular complexity index is 555. The average Bonchev–Trinajstić information content (AvgIpc) is 2.54. The van der Waals surface area contributed by atoms with Gasteiger partial charge in [-0.15, -0.1) is 0 Å². The Balaban J connectivity index is 2.98. The quantitative estimate of drug-likeness (QED) is 0.710. The SMILES string of the molecule is CNC(=O)C(CCC=O)N(C=O)Cc1ccc(C(C)C)cc1C. The minimum Gasteiger partial charge on any atom is -0.357 e. The summed E-state index contributed by atoms with van der Waals surface area (Å²) in [5, 5.41) is 2.56. The van der Waals surface area contributed by atoms with Crippen LogP contribution in [-0.2, 0) is 20.9 Å². The van der Waals surface area contributed by atoms with Crippen LogP contribution in [0.2, 0.25) is 0 Å². The molecule has 0 saturated carbocycles. The summed E-state index contributed by atoms with van der Waals surface area (Å²) in [5.74, 6) is 0.187. The number of benzene rings is 1. The van der Waals surface area contributed by atoms with Crippen LogP contribution in [0.25, 0.3) is 0 Å². The molecule has 126 valence electrons. The minimum atomic E-state index is -0.633. The number of nitrogens with one attached hydrogen (secondary N) is 1. The molecule has 0 saturated heterocycles. The first-order chi connectivity index (χ1) is 10.9. The second-order valence-electron chi connectivity index (χ2n) is 5.99. The number of nitrogens with zero attached hydrogens (tertiary/aromatic N) is 1. The molecule has 1 rings (SSSR count). The van der Waals surface area contributed by atoms with Gasteiger partial charge < -0.3 is 15.0 Å². The predicted octanol–water partition coefficient (Wildman–Crippen LogP) is 2.17. The number of hydrogen-bond acceptors (Lipinski definition) is 3. The summed E-state index contributed by atoms with van der Waals surface area (Å²) in [4.78, 5) is 35.6. The maximum absolute atomic E-state index is 12.0. The highest BCUT2D eigenvalue weighted by Crippen LogP contribution is 2.20. The molecule has 23 heavy (non-hydrogen) atoms. The van der Waals surface area contributed by atoms with Crippen LogP contribution in [-0.4, -0.2) is 36.6 Å². The van der Waals surface area contributed by atoms with Crippen molar-refractivity contribution in [2.45, 2.75) is 52.1 Å². The van der Waals surface area contributed by atoms with E-state index in [1.54, 1.807) is 0 Å². The topological polar surface area (TPSA) is 66.5 Å². The monoisotopic (exact) mass is 318 g/mol. The Labute approximate surface area is 138 Å². The van der Waals surface area contributed by atoms with Gasteiger partial charge in [0.05, 0.1) is 0 Å². The molecule has 0 heterocycles. The van der Waals surface area contributed by atoms with Crippen LogP contribution in [0.15, 0.2) is 18.2 Å². The first-order valence-electron chi connectivity index (χ1n) is 7.90. The summed E-state index contributed by atoms with van der Waals surface area (Å²) >= 11 is 0. The maximum atomic E-state index is 12.0. The summed E-state index contributed by atoms with van der Waals surface area (Å²) in [7, 11) is 1.53. The van der Waals surface area contributed by atoms with E-state index >= 15 is 0 Å². The first-order valence-corrected chi connectivity index (χ1v) is 7.90. The Morgan fingerprint density at radius 3 is 2.48 bits per heavy atom. The Morgan fingerprint density at radius 2 is 2.00 bits per heavy atom. The van der Waals surface area contributed by atoms with Crippen LogP contribution in [0.1, 0.15) is 49.3 Å². The van der Waals surface area contributed by atoms with E-state index in [2.05, 4.69) is 31.3 Å². The smallest absolute Gasteiger partial charge is 0.242 e. The number of carbonyl (C=O) groups excluding carboxylic acids is 3. The van der Waals surface area contributed by atoms with Crippen LogP contribution < -0.4 is 5.32 Å². The van der Waals surface area contributed by atoms with Crippen molar-refractivity contribution in [1.82, 2.24) is 10.2 Å². The fourth-order valence-corrected chi connectivity index (χ4v) is 2.51. The zero-order chi connectivity index (χ0) is 17.4. The molecule has 1 N–H and O–H groups in total. The van der Waals surface area contributed by atoms with Gasteiger partial charge in [0.1, 0.15) is 12.3 Å². The number of likely N-dealkylation sites (N-methyl/N-ethyl adjacent to an activating group) is 1. The van der Waals surface area contributed by atoms with Crippen molar-refractivity contribution in [3.8, 4) is 0 Å². The van der Waals surface area contributed by atoms with E-state index in [1.807, 2.05) is 13.0 Å². The number of aldehydes is 1. The van der Waals surface area contributed by atoms with E-state index in [9.17, 15) is 14.4 Å². The summed E-state index contributed by atoms with van der Waals surface area (Å²) in [6.45, 7) is 6.62. The van der Waals surface area contributed by atoms with Crippen molar-refractivity contribution in [2.24, 2.45) is 0 Å². The highest BCUT2D eigenvalue weighted by molar-refractivity contribution is 5.83. The van der Waals surface area contributed by atoms with Crippen LogP contribution >= 0.6 is 0 Å². The lowest BCUT2D eigenvalue weighted by atomic mass is 9.97. The van der Waals surface area contributed by atoms with Crippen molar-refractivity contribution >= 4 is 18.6 Å². The highest BCUT2D eigenvalue weighted by atomic mass is 16.2. The third kappa shape index (κ3) is 5.20. The zero-order valence-corrected chi connectivity index (χ0v) is 14.3. The highest BCUT2D eigenvalue weighted by Gasteiger charge is 2.24. The first kappa shape index (κ1) is 18.9. The molecule has 5 nitrogen and oxygen atoms in total. The molecule has 0 aliphatic heterocycles. The molecule has 1 unspecified atom stereocenters. The van der Waals surface area contributed by atoms with E-state index in [-0.39, 0.29) is 12.3 Å². The number of amides is 2. The van der Waals surface area contributed by atoms with E-state index in [0.717, 1.165) is 17.4 Å². The van der Waals surface area contributed by atoms with Crippen molar-refractivity contribution in [3.05, 3.63) is 34.9 Å². The van der Waals surface area contributed by atoms with Gasteiger partial charge in [-0.2, -0.15) is 0 Å². The number of aryl methyl sites for hydroxylation is 1. The molecule has 0 spiro atoms. The summed E-state index contributed by atoms with van der Waals surface area (Å²) in [6.07, 6.45) is 2.01. The Hall–Kier alpha value is -2.17. The molecule has 0 bridgehead atoms. The van der Waals surface area contributed by atoms with Crippen LogP contribution in [0.5, 0.6) is 0 Å². The second-order valence-corrected chi connectivity index (χ2v) is 5.99. The van der Waals surface area contributed by atoms with E-state index in [0.29, 0.717) is 25.3 Å².